The zero-order chi connectivity index (χ0) is 15.4. The van der Waals surface area contributed by atoms with Crippen LogP contribution >= 0.6 is 0 Å². The SMILES string of the molecule is CCC(CC)n1nc(N2CCNCC2)c(C(=O)OC)c1N. The number of nitrogens with one attached hydrogen (secondary N) is 1. The molecule has 118 valence electrons. The Hall–Kier alpha value is -1.76. The van der Waals surface area contributed by atoms with Crippen molar-refractivity contribution in [2.24, 2.45) is 0 Å². The quantitative estimate of drug-likeness (QED) is 0.789. The highest BCUT2D eigenvalue weighted by atomic mass is 16.5. The second kappa shape index (κ2) is 6.80. The Morgan fingerprint density at radius 1 is 1.38 bits per heavy atom. The first-order valence-corrected chi connectivity index (χ1v) is 7.55. The molecule has 0 saturated carbocycles. The van der Waals surface area contributed by atoms with Crippen molar-refractivity contribution in [2.75, 3.05) is 43.9 Å². The molecule has 0 aromatic carbocycles. The molecule has 0 atom stereocenters. The first-order valence-electron chi connectivity index (χ1n) is 7.55. The van der Waals surface area contributed by atoms with Gasteiger partial charge in [-0.3, -0.25) is 0 Å². The number of carbonyl (C=O) groups is 1. The Morgan fingerprint density at radius 2 is 2.00 bits per heavy atom. The summed E-state index contributed by atoms with van der Waals surface area (Å²) in [5.74, 6) is 0.634. The molecule has 2 heterocycles. The van der Waals surface area contributed by atoms with E-state index >= 15 is 0 Å². The maximum Gasteiger partial charge on any atom is 0.345 e. The van der Waals surface area contributed by atoms with Crippen molar-refractivity contribution < 1.29 is 9.53 Å². The van der Waals surface area contributed by atoms with Gasteiger partial charge in [-0.2, -0.15) is 5.10 Å². The molecule has 1 aromatic heterocycles. The number of hydrogen-bond donors (Lipinski definition) is 2. The maximum atomic E-state index is 12.1. The van der Waals surface area contributed by atoms with E-state index in [0.717, 1.165) is 39.0 Å². The van der Waals surface area contributed by atoms with E-state index in [1.807, 2.05) is 0 Å². The highest BCUT2D eigenvalue weighted by molar-refractivity contribution is 5.99. The Bertz CT molecular complexity index is 490. The fourth-order valence-electron chi connectivity index (χ4n) is 2.74. The van der Waals surface area contributed by atoms with Gasteiger partial charge in [0.25, 0.3) is 0 Å². The molecule has 0 unspecified atom stereocenters. The van der Waals surface area contributed by atoms with E-state index in [1.54, 1.807) is 4.68 Å². The third-order valence-corrected chi connectivity index (χ3v) is 4.02. The lowest BCUT2D eigenvalue weighted by atomic mass is 10.2. The summed E-state index contributed by atoms with van der Waals surface area (Å²) >= 11 is 0. The van der Waals surface area contributed by atoms with Gasteiger partial charge in [-0.1, -0.05) is 13.8 Å². The monoisotopic (exact) mass is 295 g/mol. The summed E-state index contributed by atoms with van der Waals surface area (Å²) in [7, 11) is 1.37. The van der Waals surface area contributed by atoms with Crippen molar-refractivity contribution in [3.05, 3.63) is 5.56 Å². The minimum absolute atomic E-state index is 0.199. The zero-order valence-corrected chi connectivity index (χ0v) is 13.1. The molecule has 1 aromatic rings. The molecular weight excluding hydrogens is 270 g/mol. The van der Waals surface area contributed by atoms with Crippen molar-refractivity contribution in [2.45, 2.75) is 32.7 Å². The van der Waals surface area contributed by atoms with E-state index in [-0.39, 0.29) is 6.04 Å². The number of aromatic nitrogens is 2. The highest BCUT2D eigenvalue weighted by Gasteiger charge is 2.29. The smallest absolute Gasteiger partial charge is 0.345 e. The number of esters is 1. The molecule has 0 amide bonds. The normalized spacial score (nSPS) is 15.5. The Morgan fingerprint density at radius 3 is 2.52 bits per heavy atom. The van der Waals surface area contributed by atoms with Crippen molar-refractivity contribution in [3.63, 3.8) is 0 Å². The lowest BCUT2D eigenvalue weighted by molar-refractivity contribution is 0.0602. The van der Waals surface area contributed by atoms with Gasteiger partial charge >= 0.3 is 5.97 Å². The van der Waals surface area contributed by atoms with Crippen molar-refractivity contribution in [1.82, 2.24) is 15.1 Å². The zero-order valence-electron chi connectivity index (χ0n) is 13.1. The van der Waals surface area contributed by atoms with Gasteiger partial charge in [0.05, 0.1) is 13.2 Å². The van der Waals surface area contributed by atoms with Crippen molar-refractivity contribution >= 4 is 17.6 Å². The molecule has 1 aliphatic rings. The Balaban J connectivity index is 2.46. The first-order chi connectivity index (χ1) is 10.1. The van der Waals surface area contributed by atoms with Crippen LogP contribution in [0, 0.1) is 0 Å². The molecule has 0 bridgehead atoms. The molecule has 0 aliphatic carbocycles. The minimum Gasteiger partial charge on any atom is -0.465 e. The Kier molecular flexibility index (Phi) is 5.06. The average molecular weight is 295 g/mol. The third kappa shape index (κ3) is 2.97. The number of methoxy groups -OCH3 is 1. The van der Waals surface area contributed by atoms with E-state index in [0.29, 0.717) is 17.2 Å². The number of piperazine rings is 1. The number of ether oxygens (including phenoxy) is 1. The number of anilines is 2. The number of hydrogen-bond acceptors (Lipinski definition) is 6. The molecule has 1 saturated heterocycles. The summed E-state index contributed by atoms with van der Waals surface area (Å²) in [4.78, 5) is 14.2. The summed E-state index contributed by atoms with van der Waals surface area (Å²) < 4.78 is 6.68. The van der Waals surface area contributed by atoms with Crippen LogP contribution in [0.5, 0.6) is 0 Å². The van der Waals surface area contributed by atoms with Gasteiger partial charge in [0.1, 0.15) is 11.4 Å². The molecule has 2 rings (SSSR count). The van der Waals surface area contributed by atoms with Crippen LogP contribution in [0.25, 0.3) is 0 Å². The number of nitrogens with two attached hydrogens (primary N) is 1. The molecule has 0 radical (unpaired) electrons. The average Bonchev–Trinajstić information content (AvgIpc) is 2.86. The Labute approximate surface area is 125 Å². The van der Waals surface area contributed by atoms with Gasteiger partial charge in [-0.05, 0) is 12.8 Å². The van der Waals surface area contributed by atoms with Crippen LogP contribution in [0.15, 0.2) is 0 Å². The lowest BCUT2D eigenvalue weighted by Gasteiger charge is -2.27. The highest BCUT2D eigenvalue weighted by Crippen LogP contribution is 2.30. The van der Waals surface area contributed by atoms with Gasteiger partial charge in [0.15, 0.2) is 5.82 Å². The van der Waals surface area contributed by atoms with E-state index in [1.165, 1.54) is 7.11 Å². The largest absolute Gasteiger partial charge is 0.465 e. The molecule has 21 heavy (non-hydrogen) atoms. The van der Waals surface area contributed by atoms with Crippen molar-refractivity contribution in [3.8, 4) is 0 Å². The first kappa shape index (κ1) is 15.6. The fraction of sp³-hybridized carbons (Fsp3) is 0.714. The van der Waals surface area contributed by atoms with Gasteiger partial charge in [0, 0.05) is 26.2 Å². The van der Waals surface area contributed by atoms with Gasteiger partial charge in [-0.15, -0.1) is 0 Å². The van der Waals surface area contributed by atoms with Crippen LogP contribution in [-0.2, 0) is 4.74 Å². The third-order valence-electron chi connectivity index (χ3n) is 4.02. The van der Waals surface area contributed by atoms with Crippen LogP contribution in [0.3, 0.4) is 0 Å². The van der Waals surface area contributed by atoms with Gasteiger partial charge in [0.2, 0.25) is 0 Å². The molecule has 7 heteroatoms. The van der Waals surface area contributed by atoms with Gasteiger partial charge < -0.3 is 20.7 Å². The summed E-state index contributed by atoms with van der Waals surface area (Å²) in [6.45, 7) is 7.55. The number of carbonyl (C=O) groups excluding carboxylic acids is 1. The number of rotatable bonds is 5. The van der Waals surface area contributed by atoms with Crippen LogP contribution < -0.4 is 16.0 Å². The molecular formula is C14H25N5O2. The fourth-order valence-corrected chi connectivity index (χ4v) is 2.74. The lowest BCUT2D eigenvalue weighted by Crippen LogP contribution is -2.44. The second-order valence-electron chi connectivity index (χ2n) is 5.23. The van der Waals surface area contributed by atoms with Crippen molar-refractivity contribution in [1.29, 1.82) is 0 Å². The predicted octanol–water partition coefficient (Wildman–Crippen LogP) is 1.02. The predicted molar refractivity (Wildman–Crippen MR) is 82.7 cm³/mol. The van der Waals surface area contributed by atoms with Crippen LogP contribution in [0.1, 0.15) is 43.1 Å². The van der Waals surface area contributed by atoms with E-state index in [4.69, 9.17) is 10.5 Å². The topological polar surface area (TPSA) is 85.4 Å². The summed E-state index contributed by atoms with van der Waals surface area (Å²) in [5, 5.41) is 7.92. The molecule has 7 nitrogen and oxygen atoms in total. The number of nitrogen functional groups attached to an aromatic ring is 1. The van der Waals surface area contributed by atoms with Gasteiger partial charge in [-0.25, -0.2) is 9.48 Å². The minimum atomic E-state index is -0.418. The molecule has 1 fully saturated rings. The molecule has 0 spiro atoms. The summed E-state index contributed by atoms with van der Waals surface area (Å²) in [6, 6.07) is 0.199. The second-order valence-corrected chi connectivity index (χ2v) is 5.23. The van der Waals surface area contributed by atoms with E-state index in [9.17, 15) is 4.79 Å². The van der Waals surface area contributed by atoms with Crippen LogP contribution in [0.4, 0.5) is 11.6 Å². The summed E-state index contributed by atoms with van der Waals surface area (Å²) in [6.07, 6.45) is 1.84. The van der Waals surface area contributed by atoms with E-state index < -0.39 is 5.97 Å². The standard InChI is InChI=1S/C14H25N5O2/c1-4-10(5-2)19-12(15)11(14(20)21-3)13(17-19)18-8-6-16-7-9-18/h10,16H,4-9,15H2,1-3H3. The molecule has 1 aliphatic heterocycles. The van der Waals surface area contributed by atoms with Crippen LogP contribution in [-0.4, -0.2) is 49.0 Å². The van der Waals surface area contributed by atoms with Crippen LogP contribution in [0.2, 0.25) is 0 Å². The van der Waals surface area contributed by atoms with E-state index in [2.05, 4.69) is 29.2 Å². The maximum absolute atomic E-state index is 12.1. The summed E-state index contributed by atoms with van der Waals surface area (Å²) in [5.41, 5.74) is 6.59. The molecule has 3 N–H and O–H groups in total. The number of nitrogens with zero attached hydrogens (tertiary/aromatic N) is 3.